The third-order valence-electron chi connectivity index (χ3n) is 2.05. The summed E-state index contributed by atoms with van der Waals surface area (Å²) in [5.41, 5.74) is 6.65. The minimum atomic E-state index is -0.0908. The molecule has 0 aromatic carbocycles. The van der Waals surface area contributed by atoms with Gasteiger partial charge in [-0.25, -0.2) is 0 Å². The lowest BCUT2D eigenvalue weighted by Gasteiger charge is -2.01. The van der Waals surface area contributed by atoms with Gasteiger partial charge in [0.15, 0.2) is 5.78 Å². The number of thiophene rings is 1. The maximum atomic E-state index is 11.9. The Morgan fingerprint density at radius 1 is 1.62 bits per heavy atom. The number of carbonyl (C=O) groups is 1. The van der Waals surface area contributed by atoms with Gasteiger partial charge >= 0.3 is 0 Å². The number of hydrogen-bond donors (Lipinski definition) is 1. The second-order valence-corrected chi connectivity index (χ2v) is 6.12. The Balaban J connectivity index is 3.23. The van der Waals surface area contributed by atoms with Crippen molar-refractivity contribution in [1.82, 2.24) is 0 Å². The van der Waals surface area contributed by atoms with Crippen molar-refractivity contribution < 1.29 is 4.79 Å². The van der Waals surface area contributed by atoms with E-state index in [4.69, 9.17) is 11.0 Å². The molecule has 0 saturated carbocycles. The lowest BCUT2D eigenvalue weighted by molar-refractivity contribution is 0.0944. The second kappa shape index (κ2) is 5.37. The number of ketones is 1. The molecule has 0 unspecified atom stereocenters. The molecule has 0 fully saturated rings. The Hall–Kier alpha value is -0.990. The van der Waals surface area contributed by atoms with E-state index >= 15 is 0 Å². The standard InChI is InChI=1S/C11H14N2OS2/c1-4-15-11-7(5-12)8(13)10(16-11)9(14)6(2)3/h6H,4,13H2,1-3H3. The summed E-state index contributed by atoms with van der Waals surface area (Å²) in [4.78, 5) is 12.4. The molecule has 3 nitrogen and oxygen atoms in total. The highest BCUT2D eigenvalue weighted by Crippen LogP contribution is 2.38. The lowest BCUT2D eigenvalue weighted by Crippen LogP contribution is -2.07. The van der Waals surface area contributed by atoms with Gasteiger partial charge in [0.1, 0.15) is 11.6 Å². The van der Waals surface area contributed by atoms with Gasteiger partial charge in [-0.2, -0.15) is 5.26 Å². The average molecular weight is 254 g/mol. The third-order valence-corrected chi connectivity index (χ3v) is 4.42. The van der Waals surface area contributed by atoms with Gasteiger partial charge in [-0.15, -0.1) is 23.1 Å². The van der Waals surface area contributed by atoms with Crippen molar-refractivity contribution >= 4 is 34.6 Å². The van der Waals surface area contributed by atoms with E-state index in [-0.39, 0.29) is 11.7 Å². The molecular weight excluding hydrogens is 240 g/mol. The highest BCUT2D eigenvalue weighted by atomic mass is 32.2. The summed E-state index contributed by atoms with van der Waals surface area (Å²) in [6, 6.07) is 2.08. The van der Waals surface area contributed by atoms with Crippen LogP contribution in [0.4, 0.5) is 5.69 Å². The first kappa shape index (κ1) is 13.1. The van der Waals surface area contributed by atoms with E-state index in [9.17, 15) is 4.79 Å². The van der Waals surface area contributed by atoms with Crippen LogP contribution < -0.4 is 5.73 Å². The van der Waals surface area contributed by atoms with Crippen molar-refractivity contribution in [3.05, 3.63) is 10.4 Å². The molecule has 0 aliphatic heterocycles. The maximum Gasteiger partial charge on any atom is 0.177 e. The van der Waals surface area contributed by atoms with Crippen LogP contribution in [0.3, 0.4) is 0 Å². The molecule has 0 radical (unpaired) electrons. The Bertz CT molecular complexity index is 444. The molecule has 1 aromatic rings. The number of Topliss-reactive ketones (excluding diaryl/α,β-unsaturated/α-hetero) is 1. The average Bonchev–Trinajstić information content (AvgIpc) is 2.54. The first-order chi connectivity index (χ1) is 7.52. The van der Waals surface area contributed by atoms with Gasteiger partial charge in [0, 0.05) is 5.92 Å². The zero-order valence-electron chi connectivity index (χ0n) is 9.53. The van der Waals surface area contributed by atoms with Crippen molar-refractivity contribution in [3.8, 4) is 6.07 Å². The number of carbonyl (C=O) groups excluding carboxylic acids is 1. The molecule has 0 saturated heterocycles. The number of hydrogen-bond acceptors (Lipinski definition) is 5. The second-order valence-electron chi connectivity index (χ2n) is 3.57. The van der Waals surface area contributed by atoms with Crippen LogP contribution in [0, 0.1) is 17.2 Å². The third kappa shape index (κ3) is 2.39. The number of anilines is 1. The molecule has 1 rings (SSSR count). The van der Waals surface area contributed by atoms with Crippen LogP contribution in [0.5, 0.6) is 0 Å². The van der Waals surface area contributed by atoms with Crippen LogP contribution in [-0.4, -0.2) is 11.5 Å². The zero-order valence-corrected chi connectivity index (χ0v) is 11.2. The van der Waals surface area contributed by atoms with Gasteiger partial charge in [0.2, 0.25) is 0 Å². The van der Waals surface area contributed by atoms with E-state index in [1.54, 1.807) is 11.8 Å². The van der Waals surface area contributed by atoms with E-state index in [2.05, 4.69) is 6.07 Å². The minimum absolute atomic E-state index is 0.0157. The van der Waals surface area contributed by atoms with Gasteiger partial charge in [0.25, 0.3) is 0 Å². The Labute approximate surface area is 104 Å². The van der Waals surface area contributed by atoms with Gasteiger partial charge in [0.05, 0.1) is 14.8 Å². The van der Waals surface area contributed by atoms with Gasteiger partial charge in [-0.05, 0) is 5.75 Å². The van der Waals surface area contributed by atoms with Crippen LogP contribution in [0.25, 0.3) is 0 Å². The smallest absolute Gasteiger partial charge is 0.177 e. The molecule has 0 aliphatic rings. The van der Waals surface area contributed by atoms with E-state index < -0.39 is 0 Å². The highest BCUT2D eigenvalue weighted by molar-refractivity contribution is 8.01. The van der Waals surface area contributed by atoms with E-state index in [1.165, 1.54) is 11.3 Å². The predicted molar refractivity (Wildman–Crippen MR) is 69.0 cm³/mol. The Morgan fingerprint density at radius 2 is 2.25 bits per heavy atom. The molecule has 0 bridgehead atoms. The lowest BCUT2D eigenvalue weighted by atomic mass is 10.1. The van der Waals surface area contributed by atoms with Gasteiger partial charge < -0.3 is 5.73 Å². The minimum Gasteiger partial charge on any atom is -0.396 e. The van der Waals surface area contributed by atoms with Crippen LogP contribution >= 0.6 is 23.1 Å². The highest BCUT2D eigenvalue weighted by Gasteiger charge is 2.22. The monoisotopic (exact) mass is 254 g/mol. The first-order valence-corrected chi connectivity index (χ1v) is 6.82. The summed E-state index contributed by atoms with van der Waals surface area (Å²) in [6.07, 6.45) is 0. The maximum absolute atomic E-state index is 11.9. The summed E-state index contributed by atoms with van der Waals surface area (Å²) in [6.45, 7) is 5.67. The molecule has 1 aromatic heterocycles. The van der Waals surface area contributed by atoms with Crippen molar-refractivity contribution in [2.45, 2.75) is 25.0 Å². The molecule has 0 aliphatic carbocycles. The normalized spacial score (nSPS) is 10.4. The molecule has 0 amide bonds. The van der Waals surface area contributed by atoms with E-state index in [0.717, 1.165) is 9.96 Å². The Morgan fingerprint density at radius 3 is 2.69 bits per heavy atom. The van der Waals surface area contributed by atoms with Gasteiger partial charge in [-0.3, -0.25) is 4.79 Å². The fourth-order valence-electron chi connectivity index (χ4n) is 1.21. The van der Waals surface area contributed by atoms with E-state index in [0.29, 0.717) is 16.1 Å². The van der Waals surface area contributed by atoms with Crippen LogP contribution in [0.1, 0.15) is 36.0 Å². The SMILES string of the molecule is CCSc1sc(C(=O)C(C)C)c(N)c1C#N. The number of rotatable bonds is 4. The molecule has 16 heavy (non-hydrogen) atoms. The number of nitrogens with two attached hydrogens (primary N) is 1. The predicted octanol–water partition coefficient (Wildman–Crippen LogP) is 3.15. The fraction of sp³-hybridized carbons (Fsp3) is 0.455. The Kier molecular flexibility index (Phi) is 4.39. The van der Waals surface area contributed by atoms with Crippen molar-refractivity contribution in [1.29, 1.82) is 5.26 Å². The summed E-state index contributed by atoms with van der Waals surface area (Å²) in [5.74, 6) is 0.790. The van der Waals surface area contributed by atoms with Crippen LogP contribution in [-0.2, 0) is 0 Å². The van der Waals surface area contributed by atoms with Crippen molar-refractivity contribution in [2.24, 2.45) is 5.92 Å². The van der Waals surface area contributed by atoms with Gasteiger partial charge in [-0.1, -0.05) is 20.8 Å². The van der Waals surface area contributed by atoms with E-state index in [1.807, 2.05) is 20.8 Å². The number of nitrogen functional groups attached to an aromatic ring is 1. The molecule has 2 N–H and O–H groups in total. The molecule has 86 valence electrons. The number of thioether (sulfide) groups is 1. The zero-order chi connectivity index (χ0) is 12.3. The van der Waals surface area contributed by atoms with Crippen LogP contribution in [0.2, 0.25) is 0 Å². The first-order valence-electron chi connectivity index (χ1n) is 5.02. The summed E-state index contributed by atoms with van der Waals surface area (Å²) in [5, 5.41) is 9.01. The summed E-state index contributed by atoms with van der Waals surface area (Å²) < 4.78 is 0.853. The summed E-state index contributed by atoms with van der Waals surface area (Å²) >= 11 is 2.89. The molecule has 0 atom stereocenters. The van der Waals surface area contributed by atoms with Crippen LogP contribution in [0.15, 0.2) is 4.21 Å². The molecule has 1 heterocycles. The summed E-state index contributed by atoms with van der Waals surface area (Å²) in [7, 11) is 0. The fourth-order valence-corrected chi connectivity index (χ4v) is 3.60. The molecule has 0 spiro atoms. The van der Waals surface area contributed by atoms with Crippen molar-refractivity contribution in [3.63, 3.8) is 0 Å². The quantitative estimate of drug-likeness (QED) is 0.662. The van der Waals surface area contributed by atoms with Crippen molar-refractivity contribution in [2.75, 3.05) is 11.5 Å². The molecule has 5 heteroatoms. The largest absolute Gasteiger partial charge is 0.396 e. The molecular formula is C11H14N2OS2. The number of nitrogens with zero attached hydrogens (tertiary/aromatic N) is 1. The topological polar surface area (TPSA) is 66.9 Å². The number of nitriles is 1.